The molecule has 12 heteroatoms. The summed E-state index contributed by atoms with van der Waals surface area (Å²) in [6, 6.07) is -0.155. The fraction of sp³-hybridized carbons (Fsp3) is 0.474. The minimum atomic E-state index is -0.744. The summed E-state index contributed by atoms with van der Waals surface area (Å²) < 4.78 is 1.58. The van der Waals surface area contributed by atoms with Gasteiger partial charge in [-0.1, -0.05) is 0 Å². The highest BCUT2D eigenvalue weighted by Crippen LogP contribution is 2.28. The van der Waals surface area contributed by atoms with Crippen molar-refractivity contribution in [2.45, 2.75) is 50.6 Å². The van der Waals surface area contributed by atoms with Gasteiger partial charge in [-0.15, -0.1) is 0 Å². The van der Waals surface area contributed by atoms with Crippen LogP contribution in [0.1, 0.15) is 44.1 Å². The predicted octanol–water partition coefficient (Wildman–Crippen LogP) is 0.934. The molecule has 0 aromatic carbocycles. The van der Waals surface area contributed by atoms with Gasteiger partial charge in [-0.3, -0.25) is 14.9 Å². The van der Waals surface area contributed by atoms with E-state index in [-0.39, 0.29) is 17.7 Å². The Morgan fingerprint density at radius 1 is 1.06 bits per heavy atom. The number of hydrogen-bond acceptors (Lipinski definition) is 8. The van der Waals surface area contributed by atoms with Gasteiger partial charge in [0.05, 0.1) is 12.1 Å². The van der Waals surface area contributed by atoms with Gasteiger partial charge in [0.1, 0.15) is 5.70 Å². The summed E-state index contributed by atoms with van der Waals surface area (Å²) in [5.41, 5.74) is 1.17. The van der Waals surface area contributed by atoms with Gasteiger partial charge in [0.2, 0.25) is 11.9 Å². The minimum Gasteiger partial charge on any atom is -0.481 e. The first-order chi connectivity index (χ1) is 15.0. The molecule has 1 aliphatic heterocycles. The fourth-order valence-corrected chi connectivity index (χ4v) is 3.87. The third-order valence-corrected chi connectivity index (χ3v) is 5.74. The van der Waals surface area contributed by atoms with Crippen LogP contribution in [0.3, 0.4) is 0 Å². The summed E-state index contributed by atoms with van der Waals surface area (Å²) in [6.07, 6.45) is 7.86. The van der Waals surface area contributed by atoms with E-state index >= 15 is 0 Å². The van der Waals surface area contributed by atoms with Crippen molar-refractivity contribution in [3.05, 3.63) is 17.5 Å². The van der Waals surface area contributed by atoms with Gasteiger partial charge >= 0.3 is 12.0 Å². The van der Waals surface area contributed by atoms with Crippen LogP contribution < -0.4 is 21.3 Å². The first kappa shape index (κ1) is 19.3. The lowest BCUT2D eigenvalue weighted by Gasteiger charge is -2.26. The maximum absolute atomic E-state index is 11.9. The Bertz CT molecular complexity index is 1100. The van der Waals surface area contributed by atoms with Crippen LogP contribution in [0.25, 0.3) is 11.7 Å². The summed E-state index contributed by atoms with van der Waals surface area (Å²) in [6.45, 7) is 0. The maximum atomic E-state index is 11.9. The Kier molecular flexibility index (Phi) is 4.68. The molecule has 12 nitrogen and oxygen atoms in total. The van der Waals surface area contributed by atoms with E-state index in [9.17, 15) is 19.5 Å². The molecule has 3 heterocycles. The lowest BCUT2D eigenvalue weighted by atomic mass is 9.86. The van der Waals surface area contributed by atoms with E-state index in [1.165, 1.54) is 6.08 Å². The average molecular weight is 426 g/mol. The number of carboxylic acids is 1. The Labute approximate surface area is 176 Å². The van der Waals surface area contributed by atoms with Crippen LogP contribution in [0, 0.1) is 5.92 Å². The number of aromatic nitrogens is 4. The number of aliphatic carboxylic acids is 1. The third-order valence-electron chi connectivity index (χ3n) is 5.74. The van der Waals surface area contributed by atoms with Crippen LogP contribution in [0.4, 0.5) is 16.7 Å². The number of hydrogen-bond donors (Lipinski definition) is 5. The number of carbonyl (C=O) groups is 3. The molecule has 2 aromatic rings. The Hall–Kier alpha value is -3.70. The summed E-state index contributed by atoms with van der Waals surface area (Å²) in [7, 11) is 0. The van der Waals surface area contributed by atoms with E-state index in [1.54, 1.807) is 10.7 Å². The largest absolute Gasteiger partial charge is 0.481 e. The number of fused-ring (bicyclic) bond motifs is 1. The molecule has 3 fully saturated rings. The zero-order valence-electron chi connectivity index (χ0n) is 16.6. The van der Waals surface area contributed by atoms with Crippen LogP contribution >= 0.6 is 0 Å². The molecule has 2 aliphatic carbocycles. The second kappa shape index (κ2) is 7.52. The van der Waals surface area contributed by atoms with Crippen LogP contribution in [0.15, 0.2) is 11.9 Å². The van der Waals surface area contributed by atoms with Gasteiger partial charge in [0.25, 0.3) is 5.91 Å². The minimum absolute atomic E-state index is 0.0800. The monoisotopic (exact) mass is 426 g/mol. The number of rotatable bonds is 6. The van der Waals surface area contributed by atoms with Crippen molar-refractivity contribution in [1.82, 2.24) is 30.2 Å². The molecular weight excluding hydrogens is 404 g/mol. The second-order valence-corrected chi connectivity index (χ2v) is 8.12. The molecule has 5 N–H and O–H groups in total. The van der Waals surface area contributed by atoms with Crippen LogP contribution in [0.5, 0.6) is 0 Å². The molecule has 0 atom stereocenters. The zero-order valence-corrected chi connectivity index (χ0v) is 16.6. The van der Waals surface area contributed by atoms with E-state index < -0.39 is 17.9 Å². The van der Waals surface area contributed by atoms with Crippen LogP contribution in [-0.4, -0.2) is 54.7 Å². The number of amides is 3. The second-order valence-electron chi connectivity index (χ2n) is 8.12. The van der Waals surface area contributed by atoms with Gasteiger partial charge in [-0.25, -0.2) is 4.79 Å². The average Bonchev–Trinajstić information content (AvgIpc) is 3.37. The molecule has 5 rings (SSSR count). The normalized spacial score (nSPS) is 24.8. The molecule has 0 spiro atoms. The molecule has 3 aliphatic rings. The Morgan fingerprint density at radius 2 is 1.77 bits per heavy atom. The first-order valence-electron chi connectivity index (χ1n) is 10.3. The van der Waals surface area contributed by atoms with E-state index in [2.05, 4.69) is 36.3 Å². The highest BCUT2D eigenvalue weighted by molar-refractivity contribution is 6.14. The SMILES string of the molecule is O=C1NC(=O)/C(=C/c2cnn3c(NC4CC4)nc(N[C@H]4CC[C@H](C(=O)O)CC4)nc23)N1. The summed E-state index contributed by atoms with van der Waals surface area (Å²) >= 11 is 0. The lowest BCUT2D eigenvalue weighted by molar-refractivity contribution is -0.142. The molecule has 0 radical (unpaired) electrons. The number of nitrogens with zero attached hydrogens (tertiary/aromatic N) is 4. The standard InChI is InChI=1S/C19H22N8O4/c28-15-13(23-19(31)25-15)7-10-8-20-27-14(10)24-17(26-18(27)22-12-5-6-12)21-11-3-1-9(2-4-11)16(29)30/h7-9,11-12H,1-6H2,(H,29,30)(H2,21,22,24,26)(H2,23,25,28,31)/b13-7-/t9-,11-. The molecule has 2 aromatic heterocycles. The lowest BCUT2D eigenvalue weighted by Crippen LogP contribution is -2.30. The van der Waals surface area contributed by atoms with Crippen LogP contribution in [0.2, 0.25) is 0 Å². The first-order valence-corrected chi connectivity index (χ1v) is 10.3. The van der Waals surface area contributed by atoms with Gasteiger partial charge in [-0.2, -0.15) is 19.6 Å². The van der Waals surface area contributed by atoms with Crippen molar-refractivity contribution >= 4 is 41.5 Å². The van der Waals surface area contributed by atoms with E-state index in [4.69, 9.17) is 0 Å². The third kappa shape index (κ3) is 4.00. The molecule has 2 saturated carbocycles. The topological polar surface area (TPSA) is 163 Å². The molecule has 0 unspecified atom stereocenters. The van der Waals surface area contributed by atoms with E-state index in [1.807, 2.05) is 0 Å². The maximum Gasteiger partial charge on any atom is 0.326 e. The molecule has 0 bridgehead atoms. The number of carboxylic acid groups (broad SMARTS) is 1. The van der Waals surface area contributed by atoms with Crippen LogP contribution in [-0.2, 0) is 9.59 Å². The summed E-state index contributed by atoms with van der Waals surface area (Å²) in [5, 5.41) is 24.8. The number of anilines is 2. The van der Waals surface area contributed by atoms with Crippen molar-refractivity contribution in [1.29, 1.82) is 0 Å². The highest BCUT2D eigenvalue weighted by atomic mass is 16.4. The van der Waals surface area contributed by atoms with Gasteiger partial charge < -0.3 is 21.1 Å². The number of urea groups is 1. The van der Waals surface area contributed by atoms with Crippen molar-refractivity contribution < 1.29 is 19.5 Å². The zero-order chi connectivity index (χ0) is 21.5. The number of imide groups is 1. The van der Waals surface area contributed by atoms with Crippen molar-refractivity contribution in [3.63, 3.8) is 0 Å². The molecule has 162 valence electrons. The highest BCUT2D eigenvalue weighted by Gasteiger charge is 2.28. The number of nitrogens with one attached hydrogen (secondary N) is 4. The van der Waals surface area contributed by atoms with Crippen molar-refractivity contribution in [2.75, 3.05) is 10.6 Å². The van der Waals surface area contributed by atoms with Crippen molar-refractivity contribution in [3.8, 4) is 0 Å². The molecular formula is C19H22N8O4. The quantitative estimate of drug-likeness (QED) is 0.334. The number of carbonyl (C=O) groups excluding carboxylic acids is 2. The fourth-order valence-electron chi connectivity index (χ4n) is 3.87. The Morgan fingerprint density at radius 3 is 2.42 bits per heavy atom. The summed E-state index contributed by atoms with van der Waals surface area (Å²) in [4.78, 5) is 43.6. The van der Waals surface area contributed by atoms with Gasteiger partial charge in [0.15, 0.2) is 5.65 Å². The van der Waals surface area contributed by atoms with E-state index in [0.29, 0.717) is 42.0 Å². The van der Waals surface area contributed by atoms with Crippen molar-refractivity contribution in [2.24, 2.45) is 5.92 Å². The molecule has 31 heavy (non-hydrogen) atoms. The summed E-state index contributed by atoms with van der Waals surface area (Å²) in [5.74, 6) is -0.599. The molecule has 1 saturated heterocycles. The van der Waals surface area contributed by atoms with Gasteiger partial charge in [0, 0.05) is 17.6 Å². The predicted molar refractivity (Wildman–Crippen MR) is 109 cm³/mol. The van der Waals surface area contributed by atoms with E-state index in [0.717, 1.165) is 25.7 Å². The smallest absolute Gasteiger partial charge is 0.326 e. The molecule has 3 amide bonds. The van der Waals surface area contributed by atoms with Gasteiger partial charge in [-0.05, 0) is 44.6 Å². The Balaban J connectivity index is 1.44.